The van der Waals surface area contributed by atoms with Crippen molar-refractivity contribution in [2.45, 2.75) is 55.8 Å². The van der Waals surface area contributed by atoms with Crippen molar-refractivity contribution >= 4 is 15.9 Å². The summed E-state index contributed by atoms with van der Waals surface area (Å²) in [6.45, 7) is 4.38. The van der Waals surface area contributed by atoms with E-state index in [2.05, 4.69) is 36.5 Å². The number of rotatable bonds is 6. The van der Waals surface area contributed by atoms with Crippen LogP contribution >= 0.6 is 0 Å². The standard InChI is InChI=1S/C29H36N2O4S/c1-21-2-6-25(7-3-21)29-17-22-14-23(18-29)16-28(15-22,19-29)20-30-27(32)24-4-8-26(9-5-24)36(33,34)31-10-12-35-13-11-31/h2-9,22-23H,10-20H2,1H3,(H,30,32). The van der Waals surface area contributed by atoms with E-state index >= 15 is 0 Å². The van der Waals surface area contributed by atoms with Crippen molar-refractivity contribution in [2.75, 3.05) is 32.8 Å². The van der Waals surface area contributed by atoms with Gasteiger partial charge < -0.3 is 10.1 Å². The summed E-state index contributed by atoms with van der Waals surface area (Å²) >= 11 is 0. The minimum Gasteiger partial charge on any atom is -0.379 e. The third-order valence-corrected chi connectivity index (χ3v) is 11.1. The molecule has 7 heteroatoms. The van der Waals surface area contributed by atoms with E-state index in [1.807, 2.05) is 0 Å². The number of benzene rings is 2. The van der Waals surface area contributed by atoms with Gasteiger partial charge in [0.2, 0.25) is 10.0 Å². The van der Waals surface area contributed by atoms with E-state index in [0.717, 1.165) is 18.3 Å². The molecule has 0 radical (unpaired) electrons. The van der Waals surface area contributed by atoms with Crippen LogP contribution in [0.4, 0.5) is 0 Å². The van der Waals surface area contributed by atoms with Crippen molar-refractivity contribution in [1.29, 1.82) is 0 Å². The molecule has 1 amide bonds. The van der Waals surface area contributed by atoms with Crippen molar-refractivity contribution < 1.29 is 17.9 Å². The van der Waals surface area contributed by atoms with Crippen LogP contribution in [0.5, 0.6) is 0 Å². The van der Waals surface area contributed by atoms with Crippen LogP contribution in [0.25, 0.3) is 0 Å². The molecule has 0 aromatic heterocycles. The summed E-state index contributed by atoms with van der Waals surface area (Å²) in [5, 5.41) is 3.24. The molecule has 2 aromatic carbocycles. The van der Waals surface area contributed by atoms with E-state index in [9.17, 15) is 13.2 Å². The second kappa shape index (κ2) is 8.96. The Balaban J connectivity index is 1.15. The third-order valence-electron chi connectivity index (χ3n) is 9.19. The predicted octanol–water partition coefficient (Wildman–Crippen LogP) is 4.28. The number of ether oxygens (including phenoxy) is 1. The summed E-state index contributed by atoms with van der Waals surface area (Å²) in [6.07, 6.45) is 7.44. The van der Waals surface area contributed by atoms with Crippen LogP contribution in [0.15, 0.2) is 53.4 Å². The third kappa shape index (κ3) is 4.29. The fourth-order valence-electron chi connectivity index (χ4n) is 7.99. The lowest BCUT2D eigenvalue weighted by molar-refractivity contribution is -0.0697. The lowest BCUT2D eigenvalue weighted by Crippen LogP contribution is -2.57. The van der Waals surface area contributed by atoms with Gasteiger partial charge in [0.1, 0.15) is 0 Å². The number of carbonyl (C=O) groups is 1. The minimum absolute atomic E-state index is 0.120. The Kier molecular flexibility index (Phi) is 6.01. The summed E-state index contributed by atoms with van der Waals surface area (Å²) in [5.74, 6) is 1.37. The van der Waals surface area contributed by atoms with Crippen LogP contribution in [-0.2, 0) is 20.2 Å². The lowest BCUT2D eigenvalue weighted by atomic mass is 9.43. The molecule has 1 heterocycles. The van der Waals surface area contributed by atoms with Crippen molar-refractivity contribution in [1.82, 2.24) is 9.62 Å². The van der Waals surface area contributed by atoms with E-state index in [0.29, 0.717) is 38.4 Å². The maximum atomic E-state index is 13.1. The molecule has 2 unspecified atom stereocenters. The molecule has 5 aliphatic rings. The van der Waals surface area contributed by atoms with Crippen LogP contribution in [0, 0.1) is 24.2 Å². The van der Waals surface area contributed by atoms with E-state index in [1.165, 1.54) is 47.5 Å². The van der Waals surface area contributed by atoms with E-state index in [1.54, 1.807) is 24.3 Å². The van der Waals surface area contributed by atoms with E-state index in [-0.39, 0.29) is 21.6 Å². The molecule has 4 bridgehead atoms. The molecular weight excluding hydrogens is 472 g/mol. The summed E-state index contributed by atoms with van der Waals surface area (Å²) in [4.78, 5) is 13.3. The number of hydrogen-bond donors (Lipinski definition) is 1. The van der Waals surface area contributed by atoms with Crippen molar-refractivity contribution in [3.8, 4) is 0 Å². The van der Waals surface area contributed by atoms with Gasteiger partial charge in [0.05, 0.1) is 18.1 Å². The van der Waals surface area contributed by atoms with Crippen LogP contribution in [-0.4, -0.2) is 51.5 Å². The van der Waals surface area contributed by atoms with Crippen molar-refractivity contribution in [2.24, 2.45) is 17.3 Å². The van der Waals surface area contributed by atoms with Gasteiger partial charge >= 0.3 is 0 Å². The highest BCUT2D eigenvalue weighted by atomic mass is 32.2. The highest BCUT2D eigenvalue weighted by Gasteiger charge is 2.58. The molecule has 6 nitrogen and oxygen atoms in total. The first-order valence-electron chi connectivity index (χ1n) is 13.3. The van der Waals surface area contributed by atoms with Crippen LogP contribution in [0.2, 0.25) is 0 Å². The summed E-state index contributed by atoms with van der Waals surface area (Å²) in [6, 6.07) is 15.5. The topological polar surface area (TPSA) is 75.7 Å². The molecule has 1 N–H and O–H groups in total. The monoisotopic (exact) mass is 508 g/mol. The Morgan fingerprint density at radius 3 is 2.25 bits per heavy atom. The molecule has 4 saturated carbocycles. The zero-order valence-corrected chi connectivity index (χ0v) is 21.9. The smallest absolute Gasteiger partial charge is 0.251 e. The summed E-state index contributed by atoms with van der Waals surface area (Å²) < 4.78 is 32.5. The van der Waals surface area contributed by atoms with Gasteiger partial charge in [0.25, 0.3) is 5.91 Å². The first kappa shape index (κ1) is 24.1. The molecule has 1 saturated heterocycles. The molecule has 7 rings (SSSR count). The van der Waals surface area contributed by atoms with Gasteiger partial charge in [-0.05, 0) is 97.9 Å². The fourth-order valence-corrected chi connectivity index (χ4v) is 9.40. The van der Waals surface area contributed by atoms with Gasteiger partial charge in [-0.1, -0.05) is 29.8 Å². The number of morpholine rings is 1. The largest absolute Gasteiger partial charge is 0.379 e. The molecule has 36 heavy (non-hydrogen) atoms. The number of hydrogen-bond acceptors (Lipinski definition) is 4. The number of nitrogens with one attached hydrogen (secondary N) is 1. The maximum Gasteiger partial charge on any atom is 0.251 e. The molecular formula is C29H36N2O4S. The molecule has 192 valence electrons. The van der Waals surface area contributed by atoms with E-state index < -0.39 is 10.0 Å². The van der Waals surface area contributed by atoms with Crippen molar-refractivity contribution in [3.63, 3.8) is 0 Å². The van der Waals surface area contributed by atoms with Crippen LogP contribution in [0.1, 0.15) is 60.0 Å². The fraction of sp³-hybridized carbons (Fsp3) is 0.552. The number of sulfonamides is 1. The Labute approximate surface area is 214 Å². The average molecular weight is 509 g/mol. The first-order valence-corrected chi connectivity index (χ1v) is 14.7. The second-order valence-electron chi connectivity index (χ2n) is 11.8. The Morgan fingerprint density at radius 2 is 1.61 bits per heavy atom. The van der Waals surface area contributed by atoms with Gasteiger partial charge in [-0.15, -0.1) is 0 Å². The number of nitrogens with zero attached hydrogens (tertiary/aromatic N) is 1. The first-order chi connectivity index (χ1) is 17.3. The Hall–Kier alpha value is -2.22. The van der Waals surface area contributed by atoms with Gasteiger partial charge in [-0.2, -0.15) is 4.31 Å². The molecule has 5 fully saturated rings. The average Bonchev–Trinajstić information content (AvgIpc) is 2.87. The summed E-state index contributed by atoms with van der Waals surface area (Å²) in [5.41, 5.74) is 3.69. The summed E-state index contributed by atoms with van der Waals surface area (Å²) in [7, 11) is -3.56. The second-order valence-corrected chi connectivity index (χ2v) is 13.8. The van der Waals surface area contributed by atoms with Gasteiger partial charge in [0, 0.05) is 25.2 Å². The van der Waals surface area contributed by atoms with Crippen LogP contribution in [0.3, 0.4) is 0 Å². The van der Waals surface area contributed by atoms with Crippen molar-refractivity contribution in [3.05, 3.63) is 65.2 Å². The highest BCUT2D eigenvalue weighted by Crippen LogP contribution is 2.65. The quantitative estimate of drug-likeness (QED) is 0.632. The zero-order valence-electron chi connectivity index (χ0n) is 21.0. The van der Waals surface area contributed by atoms with Gasteiger partial charge in [-0.3, -0.25) is 4.79 Å². The molecule has 0 spiro atoms. The number of carbonyl (C=O) groups excluding carboxylic acids is 1. The maximum absolute atomic E-state index is 13.1. The molecule has 2 aromatic rings. The van der Waals surface area contributed by atoms with Gasteiger partial charge in [0.15, 0.2) is 0 Å². The van der Waals surface area contributed by atoms with Gasteiger partial charge in [-0.25, -0.2) is 8.42 Å². The normalized spacial score (nSPS) is 31.9. The zero-order chi connectivity index (χ0) is 25.0. The Bertz CT molecular complexity index is 1220. The molecule has 1 aliphatic heterocycles. The highest BCUT2D eigenvalue weighted by molar-refractivity contribution is 7.89. The SMILES string of the molecule is Cc1ccc(C23CC4CC(CC(CNC(=O)c5ccc(S(=O)(=O)N6CCOCC6)cc5)(C4)C2)C3)cc1. The number of amides is 1. The lowest BCUT2D eigenvalue weighted by Gasteiger charge is -2.62. The molecule has 4 aliphatic carbocycles. The Morgan fingerprint density at radius 1 is 0.972 bits per heavy atom. The number of aryl methyl sites for hydroxylation is 1. The molecule has 2 atom stereocenters. The predicted molar refractivity (Wildman–Crippen MR) is 138 cm³/mol. The van der Waals surface area contributed by atoms with E-state index in [4.69, 9.17) is 4.74 Å². The minimum atomic E-state index is -3.56. The van der Waals surface area contributed by atoms with Crippen LogP contribution < -0.4 is 5.32 Å².